The fourth-order valence-corrected chi connectivity index (χ4v) is 2.73. The van der Waals surface area contributed by atoms with Crippen molar-refractivity contribution >= 4 is 11.8 Å². The van der Waals surface area contributed by atoms with Crippen LogP contribution in [0.2, 0.25) is 0 Å². The number of hydrogen-bond donors (Lipinski definition) is 2. The molecule has 1 aromatic heterocycles. The summed E-state index contributed by atoms with van der Waals surface area (Å²) in [6, 6.07) is 10.9. The lowest BCUT2D eigenvalue weighted by atomic mass is 10.1. The van der Waals surface area contributed by atoms with E-state index in [1.807, 2.05) is 18.2 Å². The number of hydrogen-bond acceptors (Lipinski definition) is 4. The molecule has 1 aromatic carbocycles. The summed E-state index contributed by atoms with van der Waals surface area (Å²) in [7, 11) is 1.58. The second kappa shape index (κ2) is 7.27. The fourth-order valence-electron chi connectivity index (χ4n) is 2.73. The van der Waals surface area contributed by atoms with Crippen LogP contribution in [0.15, 0.2) is 36.4 Å². The Balaban J connectivity index is 1.55. The average molecular weight is 328 g/mol. The van der Waals surface area contributed by atoms with Crippen LogP contribution >= 0.6 is 0 Å². The van der Waals surface area contributed by atoms with Crippen molar-refractivity contribution in [2.75, 3.05) is 20.3 Å². The molecular weight excluding hydrogens is 308 g/mol. The Kier molecular flexibility index (Phi) is 4.90. The van der Waals surface area contributed by atoms with Crippen LogP contribution < -0.4 is 10.6 Å². The normalized spacial score (nSPS) is 15.8. The van der Waals surface area contributed by atoms with Gasteiger partial charge >= 0.3 is 0 Å². The zero-order chi connectivity index (χ0) is 16.9. The van der Waals surface area contributed by atoms with Gasteiger partial charge in [-0.05, 0) is 18.2 Å². The van der Waals surface area contributed by atoms with Gasteiger partial charge in [-0.3, -0.25) is 14.3 Å². The molecule has 7 nitrogen and oxygen atoms in total. The van der Waals surface area contributed by atoms with Gasteiger partial charge in [0.25, 0.3) is 11.8 Å². The van der Waals surface area contributed by atoms with Crippen molar-refractivity contribution in [2.24, 2.45) is 0 Å². The van der Waals surface area contributed by atoms with Gasteiger partial charge in [-0.25, -0.2) is 0 Å². The molecule has 1 aliphatic heterocycles. The first-order valence-corrected chi connectivity index (χ1v) is 7.87. The molecule has 2 heterocycles. The molecule has 0 saturated carbocycles. The molecule has 2 aromatic rings. The zero-order valence-electron chi connectivity index (χ0n) is 13.5. The number of nitrogens with one attached hydrogen (secondary N) is 2. The zero-order valence-corrected chi connectivity index (χ0v) is 13.5. The van der Waals surface area contributed by atoms with Crippen molar-refractivity contribution in [1.82, 2.24) is 20.4 Å². The predicted octanol–water partition coefficient (Wildman–Crippen LogP) is 0.614. The van der Waals surface area contributed by atoms with Crippen molar-refractivity contribution < 1.29 is 14.3 Å². The van der Waals surface area contributed by atoms with Gasteiger partial charge in [0.15, 0.2) is 0 Å². The van der Waals surface area contributed by atoms with E-state index in [4.69, 9.17) is 4.74 Å². The quantitative estimate of drug-likeness (QED) is 0.761. The predicted molar refractivity (Wildman–Crippen MR) is 87.8 cm³/mol. The topological polar surface area (TPSA) is 85.2 Å². The summed E-state index contributed by atoms with van der Waals surface area (Å²) in [4.78, 5) is 24.1. The second-order valence-electron chi connectivity index (χ2n) is 5.69. The molecule has 0 radical (unpaired) electrons. The number of nitrogens with zero attached hydrogens (tertiary/aromatic N) is 2. The van der Waals surface area contributed by atoms with Crippen molar-refractivity contribution in [3.05, 3.63) is 53.3 Å². The third-order valence-electron chi connectivity index (χ3n) is 3.91. The smallest absolute Gasteiger partial charge is 0.271 e. The molecular formula is C17H20N4O3. The molecule has 0 fully saturated rings. The SMILES string of the molecule is COCCNC(=O)c1cc2n(n1)C[C@@H](NC(=O)c1ccccc1)C2. The summed E-state index contributed by atoms with van der Waals surface area (Å²) in [5.41, 5.74) is 1.99. The van der Waals surface area contributed by atoms with E-state index < -0.39 is 0 Å². The monoisotopic (exact) mass is 328 g/mol. The van der Waals surface area contributed by atoms with Gasteiger partial charge in [0, 0.05) is 31.3 Å². The van der Waals surface area contributed by atoms with Crippen molar-refractivity contribution in [2.45, 2.75) is 19.0 Å². The van der Waals surface area contributed by atoms with Crippen LogP contribution in [-0.2, 0) is 17.7 Å². The molecule has 0 saturated heterocycles. The Bertz CT molecular complexity index is 703. The molecule has 2 N–H and O–H groups in total. The van der Waals surface area contributed by atoms with Crippen LogP contribution in [0.5, 0.6) is 0 Å². The first kappa shape index (κ1) is 16.2. The van der Waals surface area contributed by atoms with Crippen LogP contribution in [0.3, 0.4) is 0 Å². The van der Waals surface area contributed by atoms with Crippen LogP contribution in [0.1, 0.15) is 26.5 Å². The number of fused-ring (bicyclic) bond motifs is 1. The Morgan fingerprint density at radius 2 is 2.08 bits per heavy atom. The Morgan fingerprint density at radius 3 is 2.79 bits per heavy atom. The van der Waals surface area contributed by atoms with Gasteiger partial charge in [0.1, 0.15) is 5.69 Å². The maximum absolute atomic E-state index is 12.2. The maximum Gasteiger partial charge on any atom is 0.271 e. The summed E-state index contributed by atoms with van der Waals surface area (Å²) >= 11 is 0. The lowest BCUT2D eigenvalue weighted by molar-refractivity contribution is 0.0921. The molecule has 0 bridgehead atoms. The summed E-state index contributed by atoms with van der Waals surface area (Å²) in [6.07, 6.45) is 0.664. The Morgan fingerprint density at radius 1 is 1.29 bits per heavy atom. The number of carbonyl (C=O) groups is 2. The molecule has 24 heavy (non-hydrogen) atoms. The van der Waals surface area contributed by atoms with Gasteiger partial charge < -0.3 is 15.4 Å². The molecule has 0 unspecified atom stereocenters. The number of rotatable bonds is 6. The Hall–Kier alpha value is -2.67. The minimum atomic E-state index is -0.209. The highest BCUT2D eigenvalue weighted by atomic mass is 16.5. The number of aromatic nitrogens is 2. The van der Waals surface area contributed by atoms with Gasteiger partial charge in [0.2, 0.25) is 0 Å². The number of amides is 2. The molecule has 0 aliphatic carbocycles. The van der Waals surface area contributed by atoms with E-state index in [0.29, 0.717) is 37.4 Å². The number of carbonyl (C=O) groups excluding carboxylic acids is 2. The number of benzene rings is 1. The number of methoxy groups -OCH3 is 1. The Labute approximate surface area is 140 Å². The van der Waals surface area contributed by atoms with Crippen molar-refractivity contribution in [3.63, 3.8) is 0 Å². The van der Waals surface area contributed by atoms with Crippen LogP contribution in [0.25, 0.3) is 0 Å². The first-order chi connectivity index (χ1) is 11.7. The summed E-state index contributed by atoms with van der Waals surface area (Å²) in [5, 5.41) is 10.1. The minimum Gasteiger partial charge on any atom is -0.383 e. The lowest BCUT2D eigenvalue weighted by Gasteiger charge is -2.11. The molecule has 2 amide bonds. The van der Waals surface area contributed by atoms with Crippen LogP contribution in [0.4, 0.5) is 0 Å². The number of ether oxygens (including phenoxy) is 1. The van der Waals surface area contributed by atoms with Gasteiger partial charge in [0.05, 0.1) is 19.2 Å². The summed E-state index contributed by atoms with van der Waals surface area (Å²) in [6.45, 7) is 1.49. The van der Waals surface area contributed by atoms with E-state index in [9.17, 15) is 9.59 Å². The summed E-state index contributed by atoms with van der Waals surface area (Å²) in [5.74, 6) is -0.303. The third-order valence-corrected chi connectivity index (χ3v) is 3.91. The second-order valence-corrected chi connectivity index (χ2v) is 5.69. The lowest BCUT2D eigenvalue weighted by Crippen LogP contribution is -2.36. The molecule has 3 rings (SSSR count). The molecule has 0 spiro atoms. The highest BCUT2D eigenvalue weighted by Gasteiger charge is 2.26. The van der Waals surface area contributed by atoms with Crippen molar-refractivity contribution in [1.29, 1.82) is 0 Å². The fraction of sp³-hybridized carbons (Fsp3) is 0.353. The van der Waals surface area contributed by atoms with Gasteiger partial charge in [-0.15, -0.1) is 0 Å². The van der Waals surface area contributed by atoms with Crippen molar-refractivity contribution in [3.8, 4) is 0 Å². The average Bonchev–Trinajstić information content (AvgIpc) is 3.14. The van der Waals surface area contributed by atoms with Gasteiger partial charge in [-0.2, -0.15) is 5.10 Å². The highest BCUT2D eigenvalue weighted by molar-refractivity contribution is 5.94. The van der Waals surface area contributed by atoms with Crippen LogP contribution in [0, 0.1) is 0 Å². The molecule has 126 valence electrons. The molecule has 1 aliphatic rings. The van der Waals surface area contributed by atoms with E-state index in [-0.39, 0.29) is 17.9 Å². The largest absolute Gasteiger partial charge is 0.383 e. The van der Waals surface area contributed by atoms with E-state index in [1.54, 1.807) is 30.0 Å². The first-order valence-electron chi connectivity index (χ1n) is 7.87. The third kappa shape index (κ3) is 3.62. The molecule has 7 heteroatoms. The molecule has 1 atom stereocenters. The van der Waals surface area contributed by atoms with E-state index >= 15 is 0 Å². The standard InChI is InChI=1S/C17H20N4O3/c1-24-8-7-18-17(23)15-10-14-9-13(11-21(14)20-15)19-16(22)12-5-3-2-4-6-12/h2-6,10,13H,7-9,11H2,1H3,(H,18,23)(H,19,22)/t13-/m0/s1. The highest BCUT2D eigenvalue weighted by Crippen LogP contribution is 2.16. The van der Waals surface area contributed by atoms with E-state index in [0.717, 1.165) is 5.69 Å². The van der Waals surface area contributed by atoms with Crippen LogP contribution in [-0.4, -0.2) is 47.9 Å². The minimum absolute atomic E-state index is 0.00851. The van der Waals surface area contributed by atoms with E-state index in [2.05, 4.69) is 15.7 Å². The summed E-state index contributed by atoms with van der Waals surface area (Å²) < 4.78 is 6.68. The maximum atomic E-state index is 12.2. The van der Waals surface area contributed by atoms with E-state index in [1.165, 1.54) is 0 Å². The van der Waals surface area contributed by atoms with Gasteiger partial charge in [-0.1, -0.05) is 18.2 Å².